The second-order valence-electron chi connectivity index (χ2n) is 4.57. The molecule has 0 saturated heterocycles. The van der Waals surface area contributed by atoms with Crippen molar-refractivity contribution in [1.29, 1.82) is 0 Å². The van der Waals surface area contributed by atoms with Crippen LogP contribution in [0.2, 0.25) is 5.02 Å². The summed E-state index contributed by atoms with van der Waals surface area (Å²) in [6.45, 7) is 0. The first kappa shape index (κ1) is 17.1. The molecule has 0 spiro atoms. The lowest BCUT2D eigenvalue weighted by Crippen LogP contribution is -2.14. The van der Waals surface area contributed by atoms with Gasteiger partial charge in [-0.25, -0.2) is 4.79 Å². The summed E-state index contributed by atoms with van der Waals surface area (Å²) in [7, 11) is 0. The fraction of sp³-hybridized carbons (Fsp3) is 0.0588. The van der Waals surface area contributed by atoms with Gasteiger partial charge in [-0.2, -0.15) is 0 Å². The molecule has 0 bridgehead atoms. The van der Waals surface area contributed by atoms with E-state index in [4.69, 9.17) is 11.6 Å². The smallest absolute Gasteiger partial charge is 0.342 e. The minimum Gasteiger partial charge on any atom is -0.477 e. The molecule has 0 saturated carbocycles. The molecule has 0 aliphatic heterocycles. The van der Waals surface area contributed by atoms with Crippen molar-refractivity contribution in [3.63, 3.8) is 0 Å². The Morgan fingerprint density at radius 3 is 2.35 bits per heavy atom. The van der Waals surface area contributed by atoms with E-state index >= 15 is 0 Å². The molecule has 0 aliphatic rings. The lowest BCUT2D eigenvalue weighted by molar-refractivity contribution is -0.131. The number of halogens is 1. The summed E-state index contributed by atoms with van der Waals surface area (Å²) in [5, 5.41) is 12.5. The van der Waals surface area contributed by atoms with Crippen LogP contribution in [0.4, 0.5) is 5.69 Å². The quantitative estimate of drug-likeness (QED) is 0.771. The molecule has 6 heteroatoms. The number of carboxylic acid groups (broad SMARTS) is 1. The number of carbonyl (C=O) groups excluding carboxylic acids is 1. The number of hydrogen-bond acceptors (Lipinski definition) is 3. The SMILES string of the molecule is O=C(CS/C(=C\c1ccccc1)C(=O)O)Nc1ccc(Cl)cc1. The van der Waals surface area contributed by atoms with Gasteiger partial charge in [-0.3, -0.25) is 4.79 Å². The third-order valence-corrected chi connectivity index (χ3v) is 4.06. The molecular formula is C17H14ClNO3S. The van der Waals surface area contributed by atoms with Gasteiger partial charge in [-0.1, -0.05) is 41.9 Å². The minimum absolute atomic E-state index is 0.00753. The van der Waals surface area contributed by atoms with Crippen LogP contribution in [0.5, 0.6) is 0 Å². The summed E-state index contributed by atoms with van der Waals surface area (Å²) in [6, 6.07) is 15.8. The van der Waals surface area contributed by atoms with Crippen LogP contribution in [0.15, 0.2) is 59.5 Å². The Morgan fingerprint density at radius 1 is 1.09 bits per heavy atom. The zero-order valence-electron chi connectivity index (χ0n) is 12.0. The highest BCUT2D eigenvalue weighted by atomic mass is 35.5. The maximum Gasteiger partial charge on any atom is 0.342 e. The summed E-state index contributed by atoms with van der Waals surface area (Å²) >= 11 is 6.75. The molecule has 2 aromatic carbocycles. The molecule has 1 amide bonds. The maximum atomic E-state index is 11.9. The second-order valence-corrected chi connectivity index (χ2v) is 6.02. The standard InChI is InChI=1S/C17H14ClNO3S/c18-13-6-8-14(9-7-13)19-16(20)11-23-15(17(21)22)10-12-4-2-1-3-5-12/h1-10H,11H2,(H,19,20)(H,21,22)/b15-10-. The normalized spacial score (nSPS) is 11.1. The number of carboxylic acids is 1. The molecule has 0 heterocycles. The molecule has 4 nitrogen and oxygen atoms in total. The average molecular weight is 348 g/mol. The molecule has 2 rings (SSSR count). The molecule has 2 aromatic rings. The largest absolute Gasteiger partial charge is 0.477 e. The van der Waals surface area contributed by atoms with Gasteiger partial charge >= 0.3 is 5.97 Å². The number of carbonyl (C=O) groups is 2. The van der Waals surface area contributed by atoms with Crippen molar-refractivity contribution in [1.82, 2.24) is 0 Å². The number of hydrogen-bond donors (Lipinski definition) is 2. The predicted octanol–water partition coefficient (Wildman–Crippen LogP) is 4.14. The summed E-state index contributed by atoms with van der Waals surface area (Å²) < 4.78 is 0. The predicted molar refractivity (Wildman–Crippen MR) is 94.6 cm³/mol. The van der Waals surface area contributed by atoms with Crippen molar-refractivity contribution >= 4 is 47.0 Å². The summed E-state index contributed by atoms with van der Waals surface area (Å²) in [6.07, 6.45) is 1.54. The fourth-order valence-corrected chi connectivity index (χ4v) is 2.57. The molecule has 0 aliphatic carbocycles. The maximum absolute atomic E-state index is 11.9. The lowest BCUT2D eigenvalue weighted by atomic mass is 10.2. The first-order valence-corrected chi connectivity index (χ1v) is 8.09. The van der Waals surface area contributed by atoms with Crippen molar-refractivity contribution in [3.8, 4) is 0 Å². The van der Waals surface area contributed by atoms with Gasteiger partial charge in [-0.05, 0) is 35.9 Å². The highest BCUT2D eigenvalue weighted by Crippen LogP contribution is 2.20. The molecular weight excluding hydrogens is 334 g/mol. The van der Waals surface area contributed by atoms with E-state index in [1.807, 2.05) is 18.2 Å². The monoisotopic (exact) mass is 347 g/mol. The van der Waals surface area contributed by atoms with Crippen molar-refractivity contribution in [2.45, 2.75) is 0 Å². The molecule has 0 unspecified atom stereocenters. The van der Waals surface area contributed by atoms with Gasteiger partial charge in [0.25, 0.3) is 0 Å². The number of rotatable bonds is 6. The van der Waals surface area contributed by atoms with Crippen LogP contribution >= 0.6 is 23.4 Å². The highest BCUT2D eigenvalue weighted by Gasteiger charge is 2.11. The number of nitrogens with one attached hydrogen (secondary N) is 1. The van der Waals surface area contributed by atoms with Gasteiger partial charge in [0.05, 0.1) is 10.7 Å². The van der Waals surface area contributed by atoms with Crippen LogP contribution < -0.4 is 5.32 Å². The Labute approximate surface area is 143 Å². The van der Waals surface area contributed by atoms with Crippen LogP contribution in [0.1, 0.15) is 5.56 Å². The minimum atomic E-state index is -1.06. The topological polar surface area (TPSA) is 66.4 Å². The van der Waals surface area contributed by atoms with E-state index in [-0.39, 0.29) is 16.6 Å². The molecule has 0 fully saturated rings. The Hall–Kier alpha value is -2.24. The van der Waals surface area contributed by atoms with Gasteiger partial charge in [0, 0.05) is 10.7 Å². The third kappa shape index (κ3) is 5.81. The Bertz CT molecular complexity index is 714. The van der Waals surface area contributed by atoms with E-state index in [1.54, 1.807) is 42.5 Å². The third-order valence-electron chi connectivity index (χ3n) is 2.79. The van der Waals surface area contributed by atoms with Gasteiger partial charge < -0.3 is 10.4 Å². The summed E-state index contributed by atoms with van der Waals surface area (Å²) in [4.78, 5) is 23.3. The molecule has 2 N–H and O–H groups in total. The van der Waals surface area contributed by atoms with E-state index in [2.05, 4.69) is 5.32 Å². The Morgan fingerprint density at radius 2 is 1.74 bits per heavy atom. The van der Waals surface area contributed by atoms with Crippen LogP contribution in [0.25, 0.3) is 6.08 Å². The van der Waals surface area contributed by atoms with Crippen LogP contribution in [0.3, 0.4) is 0 Å². The number of thioether (sulfide) groups is 1. The van der Waals surface area contributed by atoms with Crippen molar-refractivity contribution < 1.29 is 14.7 Å². The molecule has 118 valence electrons. The molecule has 0 aromatic heterocycles. The highest BCUT2D eigenvalue weighted by molar-refractivity contribution is 8.04. The van der Waals surface area contributed by atoms with Crippen LogP contribution in [0, 0.1) is 0 Å². The first-order chi connectivity index (χ1) is 11.0. The first-order valence-electron chi connectivity index (χ1n) is 6.73. The lowest BCUT2D eigenvalue weighted by Gasteiger charge is -2.06. The second kappa shape index (κ2) is 8.41. The molecule has 0 atom stereocenters. The van der Waals surface area contributed by atoms with E-state index < -0.39 is 5.97 Å². The van der Waals surface area contributed by atoms with E-state index in [9.17, 15) is 14.7 Å². The zero-order chi connectivity index (χ0) is 16.7. The number of aliphatic carboxylic acids is 1. The molecule has 23 heavy (non-hydrogen) atoms. The fourth-order valence-electron chi connectivity index (χ4n) is 1.74. The van der Waals surface area contributed by atoms with Crippen LogP contribution in [-0.4, -0.2) is 22.7 Å². The summed E-state index contributed by atoms with van der Waals surface area (Å²) in [5.74, 6) is -1.33. The van der Waals surface area contributed by atoms with E-state index in [0.717, 1.165) is 17.3 Å². The number of anilines is 1. The Kier molecular flexibility index (Phi) is 6.26. The van der Waals surface area contributed by atoms with E-state index in [1.165, 1.54) is 0 Å². The Balaban J connectivity index is 1.96. The van der Waals surface area contributed by atoms with Crippen molar-refractivity contribution in [2.24, 2.45) is 0 Å². The average Bonchev–Trinajstić information content (AvgIpc) is 2.54. The van der Waals surface area contributed by atoms with Gasteiger partial charge in [-0.15, -0.1) is 11.8 Å². The van der Waals surface area contributed by atoms with Gasteiger partial charge in [0.2, 0.25) is 5.91 Å². The zero-order valence-corrected chi connectivity index (χ0v) is 13.6. The van der Waals surface area contributed by atoms with Crippen molar-refractivity contribution in [3.05, 3.63) is 70.1 Å². The number of benzene rings is 2. The summed E-state index contributed by atoms with van der Waals surface area (Å²) in [5.41, 5.74) is 1.39. The van der Waals surface area contributed by atoms with E-state index in [0.29, 0.717) is 10.7 Å². The van der Waals surface area contributed by atoms with Crippen molar-refractivity contribution in [2.75, 3.05) is 11.1 Å². The van der Waals surface area contributed by atoms with Crippen LogP contribution in [-0.2, 0) is 9.59 Å². The van der Waals surface area contributed by atoms with Gasteiger partial charge in [0.15, 0.2) is 0 Å². The van der Waals surface area contributed by atoms with Gasteiger partial charge in [0.1, 0.15) is 0 Å². The molecule has 0 radical (unpaired) electrons. The number of amides is 1.